The normalized spacial score (nSPS) is 24.4. The molecule has 3 saturated carbocycles. The predicted molar refractivity (Wildman–Crippen MR) is 109 cm³/mol. The summed E-state index contributed by atoms with van der Waals surface area (Å²) in [5, 5.41) is 3.11. The number of alkyl carbamates (subject to hydrolysis) is 1. The zero-order chi connectivity index (χ0) is 19.3. The number of hydrogen-bond donors (Lipinski definition) is 1. The third kappa shape index (κ3) is 4.32. The minimum absolute atomic E-state index is 0.0734. The van der Waals surface area contributed by atoms with E-state index in [0.29, 0.717) is 12.5 Å². The summed E-state index contributed by atoms with van der Waals surface area (Å²) in [7, 11) is 0. The third-order valence-electron chi connectivity index (χ3n) is 6.16. The van der Waals surface area contributed by atoms with Gasteiger partial charge < -0.3 is 14.8 Å². The van der Waals surface area contributed by atoms with Crippen LogP contribution in [0.3, 0.4) is 0 Å². The van der Waals surface area contributed by atoms with Crippen LogP contribution in [-0.4, -0.2) is 18.8 Å². The molecular formula is C24H29NO3. The Morgan fingerprint density at radius 1 is 1.00 bits per heavy atom. The summed E-state index contributed by atoms with van der Waals surface area (Å²) in [4.78, 5) is 12.8. The van der Waals surface area contributed by atoms with E-state index in [1.54, 1.807) is 0 Å². The van der Waals surface area contributed by atoms with Gasteiger partial charge >= 0.3 is 6.09 Å². The van der Waals surface area contributed by atoms with Gasteiger partial charge in [0.15, 0.2) is 0 Å². The maximum atomic E-state index is 12.8. The Bertz CT molecular complexity index is 766. The highest BCUT2D eigenvalue weighted by Crippen LogP contribution is 2.42. The van der Waals surface area contributed by atoms with Gasteiger partial charge in [-0.2, -0.15) is 0 Å². The molecule has 3 fully saturated rings. The van der Waals surface area contributed by atoms with Gasteiger partial charge in [0.05, 0.1) is 12.6 Å². The summed E-state index contributed by atoms with van der Waals surface area (Å²) in [5.41, 5.74) is 2.05. The van der Waals surface area contributed by atoms with Crippen LogP contribution in [0.25, 0.3) is 0 Å². The van der Waals surface area contributed by atoms with Crippen molar-refractivity contribution in [1.29, 1.82) is 0 Å². The first-order valence-corrected chi connectivity index (χ1v) is 10.5. The number of rotatable bonds is 6. The standard InChI is InChI=1S/C24H29NO3/c1-2-27-21-14-12-20(13-15-21)23(19-6-4-3-5-7-19)25-24(26)28-22-16-17-8-10-18(22)11-9-17/h3-7,12-15,17-18,22-23H,2,8-11,16H2,1H3,(H,25,26)/t17?,18?,22-,23?/m0/s1. The van der Waals surface area contributed by atoms with Crippen LogP contribution in [-0.2, 0) is 4.74 Å². The molecule has 1 N–H and O–H groups in total. The van der Waals surface area contributed by atoms with E-state index in [1.165, 1.54) is 25.7 Å². The Morgan fingerprint density at radius 3 is 2.29 bits per heavy atom. The van der Waals surface area contributed by atoms with E-state index in [2.05, 4.69) is 5.32 Å². The molecule has 2 bridgehead atoms. The highest BCUT2D eigenvalue weighted by atomic mass is 16.6. The van der Waals surface area contributed by atoms with Crippen molar-refractivity contribution in [2.45, 2.75) is 51.2 Å². The van der Waals surface area contributed by atoms with Gasteiger partial charge in [-0.15, -0.1) is 0 Å². The van der Waals surface area contributed by atoms with Gasteiger partial charge in [0.2, 0.25) is 0 Å². The molecule has 2 aromatic carbocycles. The molecule has 2 atom stereocenters. The molecule has 0 aliphatic heterocycles. The lowest BCUT2D eigenvalue weighted by atomic mass is 9.69. The molecule has 0 saturated heterocycles. The van der Waals surface area contributed by atoms with Gasteiger partial charge in [0.25, 0.3) is 0 Å². The van der Waals surface area contributed by atoms with Crippen molar-refractivity contribution in [2.24, 2.45) is 11.8 Å². The lowest BCUT2D eigenvalue weighted by Crippen LogP contribution is -2.41. The maximum Gasteiger partial charge on any atom is 0.408 e. The van der Waals surface area contributed by atoms with Crippen LogP contribution >= 0.6 is 0 Å². The Morgan fingerprint density at radius 2 is 1.68 bits per heavy atom. The summed E-state index contributed by atoms with van der Waals surface area (Å²) < 4.78 is 11.4. The number of ether oxygens (including phenoxy) is 2. The molecule has 4 heteroatoms. The highest BCUT2D eigenvalue weighted by Gasteiger charge is 2.38. The lowest BCUT2D eigenvalue weighted by molar-refractivity contribution is -0.0133. The fourth-order valence-electron chi connectivity index (χ4n) is 4.68. The molecule has 0 spiro atoms. The fourth-order valence-corrected chi connectivity index (χ4v) is 4.68. The first-order chi connectivity index (χ1) is 13.7. The molecule has 2 aromatic rings. The van der Waals surface area contributed by atoms with Gasteiger partial charge in [-0.1, -0.05) is 42.5 Å². The fraction of sp³-hybridized carbons (Fsp3) is 0.458. The van der Waals surface area contributed by atoms with Crippen molar-refractivity contribution in [2.75, 3.05) is 6.61 Å². The van der Waals surface area contributed by atoms with E-state index in [9.17, 15) is 4.79 Å². The average molecular weight is 380 g/mol. The minimum Gasteiger partial charge on any atom is -0.494 e. The number of benzene rings is 2. The van der Waals surface area contributed by atoms with E-state index in [1.807, 2.05) is 61.5 Å². The number of amides is 1. The maximum absolute atomic E-state index is 12.8. The van der Waals surface area contributed by atoms with Crippen molar-refractivity contribution < 1.29 is 14.3 Å². The molecule has 0 aromatic heterocycles. The average Bonchev–Trinajstić information content (AvgIpc) is 2.74. The van der Waals surface area contributed by atoms with Crippen LogP contribution in [0.5, 0.6) is 5.75 Å². The van der Waals surface area contributed by atoms with Crippen LogP contribution in [0, 0.1) is 11.8 Å². The first kappa shape index (κ1) is 18.9. The molecule has 5 rings (SSSR count). The Labute approximate surface area is 167 Å². The number of nitrogens with one attached hydrogen (secondary N) is 1. The van der Waals surface area contributed by atoms with Crippen LogP contribution in [0.4, 0.5) is 4.79 Å². The smallest absolute Gasteiger partial charge is 0.408 e. The molecule has 4 nitrogen and oxygen atoms in total. The first-order valence-electron chi connectivity index (χ1n) is 10.5. The summed E-state index contributed by atoms with van der Waals surface area (Å²) >= 11 is 0. The molecule has 1 unspecified atom stereocenters. The predicted octanol–water partition coefficient (Wildman–Crippen LogP) is 5.48. The second kappa shape index (κ2) is 8.68. The van der Waals surface area contributed by atoms with Gasteiger partial charge in [0.1, 0.15) is 11.9 Å². The van der Waals surface area contributed by atoms with Gasteiger partial charge in [-0.25, -0.2) is 4.79 Å². The largest absolute Gasteiger partial charge is 0.494 e. The van der Waals surface area contributed by atoms with Crippen molar-refractivity contribution in [3.63, 3.8) is 0 Å². The molecule has 0 heterocycles. The second-order valence-corrected chi connectivity index (χ2v) is 7.95. The van der Waals surface area contributed by atoms with Crippen molar-refractivity contribution in [1.82, 2.24) is 5.32 Å². The van der Waals surface area contributed by atoms with E-state index in [-0.39, 0.29) is 18.2 Å². The quantitative estimate of drug-likeness (QED) is 0.723. The molecule has 28 heavy (non-hydrogen) atoms. The minimum atomic E-state index is -0.319. The van der Waals surface area contributed by atoms with Gasteiger partial charge in [0, 0.05) is 0 Å². The summed E-state index contributed by atoms with van der Waals surface area (Å²) in [6, 6.07) is 17.7. The SMILES string of the molecule is CCOc1ccc(C(NC(=O)O[C@H]2CC3CCC2CC3)c2ccccc2)cc1. The number of fused-ring (bicyclic) bond motifs is 3. The molecular weight excluding hydrogens is 350 g/mol. The van der Waals surface area contributed by atoms with Crippen LogP contribution in [0.1, 0.15) is 56.2 Å². The van der Waals surface area contributed by atoms with Crippen LogP contribution in [0.2, 0.25) is 0 Å². The molecule has 0 radical (unpaired) electrons. The van der Waals surface area contributed by atoms with Crippen molar-refractivity contribution >= 4 is 6.09 Å². The highest BCUT2D eigenvalue weighted by molar-refractivity contribution is 5.69. The van der Waals surface area contributed by atoms with Crippen LogP contribution in [0.15, 0.2) is 54.6 Å². The topological polar surface area (TPSA) is 47.6 Å². The van der Waals surface area contributed by atoms with Gasteiger partial charge in [-0.05, 0) is 74.1 Å². The molecule has 1 amide bonds. The van der Waals surface area contributed by atoms with E-state index in [4.69, 9.17) is 9.47 Å². The number of carbonyl (C=O) groups is 1. The molecule has 3 aliphatic carbocycles. The lowest BCUT2D eigenvalue weighted by Gasteiger charge is -2.41. The van der Waals surface area contributed by atoms with E-state index >= 15 is 0 Å². The molecule has 3 aliphatic rings. The zero-order valence-electron chi connectivity index (χ0n) is 16.5. The third-order valence-corrected chi connectivity index (χ3v) is 6.16. The number of hydrogen-bond acceptors (Lipinski definition) is 3. The summed E-state index contributed by atoms with van der Waals surface area (Å²) in [6.07, 6.45) is 5.77. The summed E-state index contributed by atoms with van der Waals surface area (Å²) in [5.74, 6) is 2.11. The molecule has 148 valence electrons. The zero-order valence-corrected chi connectivity index (χ0v) is 16.5. The summed E-state index contributed by atoms with van der Waals surface area (Å²) in [6.45, 7) is 2.60. The Kier molecular flexibility index (Phi) is 5.84. The monoisotopic (exact) mass is 379 g/mol. The van der Waals surface area contributed by atoms with E-state index in [0.717, 1.165) is 29.2 Å². The van der Waals surface area contributed by atoms with Gasteiger partial charge in [-0.3, -0.25) is 0 Å². The van der Waals surface area contributed by atoms with Crippen molar-refractivity contribution in [3.8, 4) is 5.75 Å². The van der Waals surface area contributed by atoms with E-state index < -0.39 is 0 Å². The Hall–Kier alpha value is -2.49. The van der Waals surface area contributed by atoms with Crippen LogP contribution < -0.4 is 10.1 Å². The Balaban J connectivity index is 1.48. The second-order valence-electron chi connectivity index (χ2n) is 7.95. The van der Waals surface area contributed by atoms with Crippen molar-refractivity contribution in [3.05, 3.63) is 65.7 Å². The number of carbonyl (C=O) groups excluding carboxylic acids is 1.